The maximum absolute atomic E-state index is 12.1. The monoisotopic (exact) mass is 333 g/mol. The number of methoxy groups -OCH3 is 2. The third-order valence-electron chi connectivity index (χ3n) is 2.93. The molecule has 0 saturated heterocycles. The zero-order chi connectivity index (χ0) is 16.8. The molecular formula is C16H19N3O3S. The number of hydrogen-bond acceptors (Lipinski definition) is 6. The molecule has 1 heterocycles. The van der Waals surface area contributed by atoms with Crippen molar-refractivity contribution < 1.29 is 14.3 Å². The van der Waals surface area contributed by atoms with E-state index in [1.165, 1.54) is 11.8 Å². The number of carbonyl (C=O) groups excluding carboxylic acids is 1. The lowest BCUT2D eigenvalue weighted by Gasteiger charge is -2.09. The molecule has 1 aromatic heterocycles. The minimum Gasteiger partial charge on any atom is -0.497 e. The van der Waals surface area contributed by atoms with Gasteiger partial charge in [0, 0.05) is 35.3 Å². The van der Waals surface area contributed by atoms with Crippen LogP contribution >= 0.6 is 11.8 Å². The summed E-state index contributed by atoms with van der Waals surface area (Å²) in [6.07, 6.45) is 0. The third-order valence-corrected chi connectivity index (χ3v) is 3.78. The van der Waals surface area contributed by atoms with Crippen LogP contribution in [-0.2, 0) is 4.79 Å². The van der Waals surface area contributed by atoms with Gasteiger partial charge in [0.05, 0.1) is 20.0 Å². The van der Waals surface area contributed by atoms with Crippen LogP contribution in [0.15, 0.2) is 29.4 Å². The first kappa shape index (κ1) is 17.1. The molecule has 1 amide bonds. The van der Waals surface area contributed by atoms with Crippen molar-refractivity contribution in [3.05, 3.63) is 35.7 Å². The average Bonchev–Trinajstić information content (AvgIpc) is 2.51. The zero-order valence-electron chi connectivity index (χ0n) is 13.5. The second-order valence-electron chi connectivity index (χ2n) is 4.87. The topological polar surface area (TPSA) is 73.3 Å². The first-order valence-corrected chi connectivity index (χ1v) is 7.96. The van der Waals surface area contributed by atoms with Gasteiger partial charge in [-0.2, -0.15) is 0 Å². The third kappa shape index (κ3) is 5.14. The number of aromatic nitrogens is 2. The number of hydrogen-bond donors (Lipinski definition) is 1. The van der Waals surface area contributed by atoms with Crippen LogP contribution in [0.4, 0.5) is 5.69 Å². The smallest absolute Gasteiger partial charge is 0.234 e. The van der Waals surface area contributed by atoms with E-state index in [2.05, 4.69) is 15.3 Å². The number of anilines is 1. The highest BCUT2D eigenvalue weighted by Crippen LogP contribution is 2.26. The summed E-state index contributed by atoms with van der Waals surface area (Å²) in [7, 11) is 3.13. The van der Waals surface area contributed by atoms with Crippen molar-refractivity contribution in [2.24, 2.45) is 0 Å². The van der Waals surface area contributed by atoms with Gasteiger partial charge in [-0.25, -0.2) is 9.97 Å². The number of benzene rings is 1. The zero-order valence-corrected chi connectivity index (χ0v) is 14.4. The highest BCUT2D eigenvalue weighted by molar-refractivity contribution is 7.99. The van der Waals surface area contributed by atoms with Gasteiger partial charge < -0.3 is 14.8 Å². The molecule has 0 spiro atoms. The van der Waals surface area contributed by atoms with Gasteiger partial charge in [0.25, 0.3) is 0 Å². The van der Waals surface area contributed by atoms with Gasteiger partial charge in [0.1, 0.15) is 11.5 Å². The lowest BCUT2D eigenvalue weighted by atomic mass is 10.2. The number of ether oxygens (including phenoxy) is 2. The van der Waals surface area contributed by atoms with E-state index < -0.39 is 0 Å². The van der Waals surface area contributed by atoms with Crippen LogP contribution in [0.2, 0.25) is 0 Å². The van der Waals surface area contributed by atoms with E-state index in [9.17, 15) is 4.79 Å². The minimum atomic E-state index is -0.145. The lowest BCUT2D eigenvalue weighted by molar-refractivity contribution is -0.113. The van der Waals surface area contributed by atoms with Crippen LogP contribution in [0.25, 0.3) is 0 Å². The summed E-state index contributed by atoms with van der Waals surface area (Å²) in [4.78, 5) is 20.7. The largest absolute Gasteiger partial charge is 0.497 e. The molecule has 23 heavy (non-hydrogen) atoms. The predicted molar refractivity (Wildman–Crippen MR) is 90.4 cm³/mol. The number of amides is 1. The molecule has 122 valence electrons. The van der Waals surface area contributed by atoms with Crippen molar-refractivity contribution in [1.29, 1.82) is 0 Å². The standard InChI is InChI=1S/C16H19N3O3S/c1-10-5-11(2)18-16(17-10)23-9-15(20)19-12-6-13(21-3)8-14(7-12)22-4/h5-8H,9H2,1-4H3,(H,19,20). The summed E-state index contributed by atoms with van der Waals surface area (Å²) >= 11 is 1.30. The molecule has 1 aromatic carbocycles. The van der Waals surface area contributed by atoms with E-state index in [-0.39, 0.29) is 11.7 Å². The average molecular weight is 333 g/mol. The molecule has 0 aliphatic heterocycles. The number of carbonyl (C=O) groups is 1. The van der Waals surface area contributed by atoms with E-state index in [4.69, 9.17) is 9.47 Å². The van der Waals surface area contributed by atoms with Gasteiger partial charge in [-0.05, 0) is 19.9 Å². The quantitative estimate of drug-likeness (QED) is 0.647. The van der Waals surface area contributed by atoms with Crippen molar-refractivity contribution in [3.63, 3.8) is 0 Å². The highest BCUT2D eigenvalue weighted by Gasteiger charge is 2.08. The van der Waals surface area contributed by atoms with E-state index in [1.807, 2.05) is 19.9 Å². The van der Waals surface area contributed by atoms with Crippen LogP contribution in [0.5, 0.6) is 11.5 Å². The molecule has 0 unspecified atom stereocenters. The number of nitrogens with zero attached hydrogens (tertiary/aromatic N) is 2. The molecule has 2 aromatic rings. The lowest BCUT2D eigenvalue weighted by Crippen LogP contribution is -2.14. The van der Waals surface area contributed by atoms with E-state index in [1.54, 1.807) is 32.4 Å². The molecule has 0 atom stereocenters. The Morgan fingerprint density at radius 2 is 1.61 bits per heavy atom. The number of aryl methyl sites for hydroxylation is 2. The summed E-state index contributed by atoms with van der Waals surface area (Å²) < 4.78 is 10.4. The Labute approximate surface area is 139 Å². The molecule has 0 bridgehead atoms. The maximum Gasteiger partial charge on any atom is 0.234 e. The van der Waals surface area contributed by atoms with Crippen LogP contribution < -0.4 is 14.8 Å². The maximum atomic E-state index is 12.1. The Balaban J connectivity index is 1.99. The van der Waals surface area contributed by atoms with Crippen molar-refractivity contribution in [1.82, 2.24) is 9.97 Å². The fraction of sp³-hybridized carbons (Fsp3) is 0.312. The molecule has 0 aliphatic carbocycles. The first-order valence-electron chi connectivity index (χ1n) is 6.98. The molecule has 0 saturated carbocycles. The molecule has 0 aliphatic rings. The molecule has 2 rings (SSSR count). The molecule has 0 fully saturated rings. The van der Waals surface area contributed by atoms with Crippen molar-refractivity contribution in [2.75, 3.05) is 25.3 Å². The van der Waals surface area contributed by atoms with Crippen LogP contribution in [-0.4, -0.2) is 35.8 Å². The van der Waals surface area contributed by atoms with Gasteiger partial charge in [0.15, 0.2) is 5.16 Å². The van der Waals surface area contributed by atoms with Crippen LogP contribution in [0.3, 0.4) is 0 Å². The fourth-order valence-electron chi connectivity index (χ4n) is 1.96. The Morgan fingerprint density at radius 3 is 2.13 bits per heavy atom. The van der Waals surface area contributed by atoms with Gasteiger partial charge in [0.2, 0.25) is 5.91 Å². The Morgan fingerprint density at radius 1 is 1.04 bits per heavy atom. The van der Waals surface area contributed by atoms with Crippen molar-refractivity contribution in [3.8, 4) is 11.5 Å². The Bertz CT molecular complexity index is 664. The minimum absolute atomic E-state index is 0.145. The summed E-state index contributed by atoms with van der Waals surface area (Å²) in [6.45, 7) is 3.81. The number of rotatable bonds is 6. The normalized spacial score (nSPS) is 10.3. The Hall–Kier alpha value is -2.28. The summed E-state index contributed by atoms with van der Waals surface area (Å²) in [6, 6.07) is 7.11. The van der Waals surface area contributed by atoms with Crippen molar-refractivity contribution >= 4 is 23.4 Å². The summed E-state index contributed by atoms with van der Waals surface area (Å²) in [5.74, 6) is 1.31. The molecule has 1 N–H and O–H groups in total. The predicted octanol–water partition coefficient (Wildman–Crippen LogP) is 2.84. The number of thioether (sulfide) groups is 1. The number of nitrogens with one attached hydrogen (secondary N) is 1. The fourth-order valence-corrected chi connectivity index (χ4v) is 2.71. The van der Waals surface area contributed by atoms with Crippen molar-refractivity contribution in [2.45, 2.75) is 19.0 Å². The molecule has 0 radical (unpaired) electrons. The van der Waals surface area contributed by atoms with Crippen LogP contribution in [0.1, 0.15) is 11.4 Å². The van der Waals surface area contributed by atoms with E-state index >= 15 is 0 Å². The van der Waals surface area contributed by atoms with Gasteiger partial charge in [-0.3, -0.25) is 4.79 Å². The van der Waals surface area contributed by atoms with E-state index in [0.717, 1.165) is 11.4 Å². The van der Waals surface area contributed by atoms with Gasteiger partial charge >= 0.3 is 0 Å². The molecule has 7 heteroatoms. The van der Waals surface area contributed by atoms with Crippen LogP contribution in [0, 0.1) is 13.8 Å². The SMILES string of the molecule is COc1cc(NC(=O)CSc2nc(C)cc(C)n2)cc(OC)c1. The highest BCUT2D eigenvalue weighted by atomic mass is 32.2. The molecular weight excluding hydrogens is 314 g/mol. The first-order chi connectivity index (χ1) is 11.0. The van der Waals surface area contributed by atoms with E-state index in [0.29, 0.717) is 22.3 Å². The van der Waals surface area contributed by atoms with Gasteiger partial charge in [-0.15, -0.1) is 0 Å². The second kappa shape index (κ2) is 7.82. The Kier molecular flexibility index (Phi) is 5.81. The second-order valence-corrected chi connectivity index (χ2v) is 5.81. The summed E-state index contributed by atoms with van der Waals surface area (Å²) in [5.41, 5.74) is 2.39. The molecule has 6 nitrogen and oxygen atoms in total. The summed E-state index contributed by atoms with van der Waals surface area (Å²) in [5, 5.41) is 3.41. The van der Waals surface area contributed by atoms with Gasteiger partial charge in [-0.1, -0.05) is 11.8 Å².